The van der Waals surface area contributed by atoms with Gasteiger partial charge in [0.1, 0.15) is 24.0 Å². The molecule has 0 spiro atoms. The van der Waals surface area contributed by atoms with Crippen molar-refractivity contribution in [3.05, 3.63) is 156 Å². The first-order chi connectivity index (χ1) is 27.3. The number of rotatable bonds is 10. The van der Waals surface area contributed by atoms with Gasteiger partial charge >= 0.3 is 0 Å². The fourth-order valence-corrected chi connectivity index (χ4v) is 7.30. The Kier molecular flexibility index (Phi) is 11.4. The summed E-state index contributed by atoms with van der Waals surface area (Å²) in [5.74, 6) is 0. The predicted molar refractivity (Wildman–Crippen MR) is 217 cm³/mol. The number of nitrogens with zero attached hydrogens (tertiary/aromatic N) is 14. The van der Waals surface area contributed by atoms with Crippen LogP contribution in [-0.2, 0) is 14.1 Å². The lowest BCUT2D eigenvalue weighted by molar-refractivity contribution is 0.752. The summed E-state index contributed by atoms with van der Waals surface area (Å²) >= 11 is 3.31. The van der Waals surface area contributed by atoms with E-state index in [9.17, 15) is 0 Å². The lowest BCUT2D eigenvalue weighted by Crippen LogP contribution is -2.01. The maximum absolute atomic E-state index is 7.05. The third-order valence-electron chi connectivity index (χ3n) is 8.65. The maximum atomic E-state index is 7.05. The van der Waals surface area contributed by atoms with Gasteiger partial charge in [0.15, 0.2) is 21.7 Å². The van der Waals surface area contributed by atoms with Crippen LogP contribution in [-0.4, -0.2) is 59.5 Å². The summed E-state index contributed by atoms with van der Waals surface area (Å²) in [4.78, 5) is 8.45. The standard InChI is InChI=1S/2C20H17N7S/c1-14(28-20-24-22-13-26(20)3)16-5-4-6-18(11-16)27-12-19(23-25-27)15-7-9-17(21-2)10-8-15;1-14(28-20-24-22-13-26(20)3)16-5-4-6-18(11-16)27-23-12-19(25-27)15-7-9-17(21-2)10-8-15/h2*4-14H,1,3H3/t2*14-/m00/s1. The molecule has 8 rings (SSSR count). The van der Waals surface area contributed by atoms with Crippen molar-refractivity contribution < 1.29 is 0 Å². The second kappa shape index (κ2) is 17.1. The van der Waals surface area contributed by atoms with E-state index >= 15 is 0 Å². The van der Waals surface area contributed by atoms with E-state index in [2.05, 4.69) is 88.7 Å². The third kappa shape index (κ3) is 8.73. The Morgan fingerprint density at radius 2 is 1.14 bits per heavy atom. The smallest absolute Gasteiger partial charge is 0.191 e. The quantitative estimate of drug-likeness (QED) is 0.0980. The van der Waals surface area contributed by atoms with Crippen LogP contribution in [0.4, 0.5) is 11.4 Å². The molecular formula is C40H34N14S2. The molecule has 0 saturated carbocycles. The second-order valence-electron chi connectivity index (χ2n) is 12.5. The van der Waals surface area contributed by atoms with Gasteiger partial charge in [0.05, 0.1) is 36.9 Å². The van der Waals surface area contributed by atoms with Crippen LogP contribution in [0.2, 0.25) is 0 Å². The Hall–Kier alpha value is -6.88. The number of aryl methyl sites for hydroxylation is 2. The molecule has 0 fully saturated rings. The average Bonchev–Trinajstić information content (AvgIpc) is 4.08. The Morgan fingerprint density at radius 3 is 1.66 bits per heavy atom. The summed E-state index contributed by atoms with van der Waals surface area (Å²) in [5, 5.41) is 35.9. The maximum Gasteiger partial charge on any atom is 0.191 e. The molecule has 0 saturated heterocycles. The molecule has 56 heavy (non-hydrogen) atoms. The summed E-state index contributed by atoms with van der Waals surface area (Å²) in [6.07, 6.45) is 7.03. The van der Waals surface area contributed by atoms with Crippen molar-refractivity contribution in [1.82, 2.24) is 59.5 Å². The van der Waals surface area contributed by atoms with Crippen molar-refractivity contribution in [1.29, 1.82) is 0 Å². The average molecular weight is 775 g/mol. The van der Waals surface area contributed by atoms with Gasteiger partial charge in [0.2, 0.25) is 0 Å². The molecule has 0 bridgehead atoms. The summed E-state index contributed by atoms with van der Waals surface area (Å²) in [6.45, 7) is 18.4. The Labute approximate surface area is 331 Å². The summed E-state index contributed by atoms with van der Waals surface area (Å²) in [5.41, 5.74) is 8.78. The molecule has 4 aromatic carbocycles. The molecule has 8 aromatic rings. The van der Waals surface area contributed by atoms with Crippen molar-refractivity contribution >= 4 is 34.9 Å². The molecule has 2 atom stereocenters. The van der Waals surface area contributed by atoms with E-state index in [1.54, 1.807) is 76.1 Å². The van der Waals surface area contributed by atoms with Crippen molar-refractivity contribution in [2.75, 3.05) is 0 Å². The number of hydrogen-bond acceptors (Lipinski definition) is 10. The molecule has 0 radical (unpaired) electrons. The molecule has 0 N–H and O–H groups in total. The van der Waals surface area contributed by atoms with E-state index in [1.165, 1.54) is 5.56 Å². The van der Waals surface area contributed by atoms with Gasteiger partial charge in [-0.2, -0.15) is 9.90 Å². The summed E-state index contributed by atoms with van der Waals surface area (Å²) in [7, 11) is 3.87. The zero-order valence-electron chi connectivity index (χ0n) is 30.8. The highest BCUT2D eigenvalue weighted by molar-refractivity contribution is 7.99. The van der Waals surface area contributed by atoms with Crippen LogP contribution in [0.15, 0.2) is 132 Å². The molecule has 0 aliphatic rings. The highest BCUT2D eigenvalue weighted by Gasteiger charge is 2.15. The molecule has 4 heterocycles. The zero-order valence-corrected chi connectivity index (χ0v) is 32.4. The minimum Gasteiger partial charge on any atom is -0.312 e. The van der Waals surface area contributed by atoms with Crippen molar-refractivity contribution in [2.24, 2.45) is 14.1 Å². The van der Waals surface area contributed by atoms with E-state index in [-0.39, 0.29) is 10.5 Å². The lowest BCUT2D eigenvalue weighted by Gasteiger charge is -2.12. The number of thioether (sulfide) groups is 2. The van der Waals surface area contributed by atoms with Crippen LogP contribution in [0.25, 0.3) is 43.6 Å². The van der Waals surface area contributed by atoms with Crippen LogP contribution in [0.5, 0.6) is 0 Å². The first kappa shape index (κ1) is 37.4. The van der Waals surface area contributed by atoms with Crippen molar-refractivity contribution in [3.8, 4) is 33.9 Å². The molecule has 0 aliphatic heterocycles. The lowest BCUT2D eigenvalue weighted by atomic mass is 10.1. The highest BCUT2D eigenvalue weighted by Crippen LogP contribution is 2.35. The molecule has 16 heteroatoms. The topological polar surface area (TPSA) is 132 Å². The third-order valence-corrected chi connectivity index (χ3v) is 11.1. The molecule has 4 aromatic heterocycles. The van der Waals surface area contributed by atoms with Crippen molar-refractivity contribution in [3.63, 3.8) is 0 Å². The number of aromatic nitrogens is 12. The van der Waals surface area contributed by atoms with Crippen LogP contribution in [0.3, 0.4) is 0 Å². The first-order valence-corrected chi connectivity index (χ1v) is 19.1. The number of benzene rings is 4. The van der Waals surface area contributed by atoms with E-state index < -0.39 is 0 Å². The van der Waals surface area contributed by atoms with Crippen molar-refractivity contribution in [2.45, 2.75) is 34.7 Å². The van der Waals surface area contributed by atoms with Gasteiger partial charge in [-0.05, 0) is 49.2 Å². The van der Waals surface area contributed by atoms with Gasteiger partial charge in [0.25, 0.3) is 0 Å². The summed E-state index contributed by atoms with van der Waals surface area (Å²) < 4.78 is 5.58. The van der Waals surface area contributed by atoms with Gasteiger partial charge in [-0.3, -0.25) is 0 Å². The summed E-state index contributed by atoms with van der Waals surface area (Å²) in [6, 6.07) is 31.1. The van der Waals surface area contributed by atoms with Gasteiger partial charge in [-0.1, -0.05) is 102 Å². The molecule has 0 amide bonds. The number of hydrogen-bond donors (Lipinski definition) is 0. The van der Waals surface area contributed by atoms with Crippen LogP contribution in [0.1, 0.15) is 35.5 Å². The Balaban J connectivity index is 0.000000172. The van der Waals surface area contributed by atoms with Crippen LogP contribution < -0.4 is 0 Å². The van der Waals surface area contributed by atoms with Gasteiger partial charge in [0, 0.05) is 35.7 Å². The van der Waals surface area contributed by atoms with Crippen LogP contribution >= 0.6 is 23.5 Å². The molecule has 276 valence electrons. The monoisotopic (exact) mass is 774 g/mol. The highest BCUT2D eigenvalue weighted by atomic mass is 32.2. The second-order valence-corrected chi connectivity index (χ2v) is 15.2. The SMILES string of the molecule is [C-]#[N+]c1ccc(-c2cn(-c3cccc([C@H](C)Sc4nncn4C)c3)nn2)cc1.[C-]#[N+]c1ccc(-c2cnn(-c3cccc([C@H](C)Sc4nncn4C)c3)n2)cc1. The minimum atomic E-state index is 0.207. The van der Waals surface area contributed by atoms with Gasteiger partial charge in [-0.15, -0.1) is 30.6 Å². The Morgan fingerprint density at radius 1 is 0.625 bits per heavy atom. The molecule has 14 nitrogen and oxygen atoms in total. The fraction of sp³-hybridized carbons (Fsp3) is 0.150. The normalized spacial score (nSPS) is 11.9. The molecular weight excluding hydrogens is 741 g/mol. The van der Waals surface area contributed by atoms with E-state index in [4.69, 9.17) is 13.1 Å². The fourth-order valence-electron chi connectivity index (χ4n) is 5.49. The van der Waals surface area contributed by atoms with Gasteiger partial charge in [-0.25, -0.2) is 14.4 Å². The van der Waals surface area contributed by atoms with E-state index in [0.29, 0.717) is 11.4 Å². The predicted octanol–water partition coefficient (Wildman–Crippen LogP) is 8.93. The zero-order chi connectivity index (χ0) is 39.0. The molecule has 0 unspecified atom stereocenters. The minimum absolute atomic E-state index is 0.207. The van der Waals surface area contributed by atoms with Crippen LogP contribution in [0, 0.1) is 13.1 Å². The largest absolute Gasteiger partial charge is 0.312 e. The van der Waals surface area contributed by atoms with E-state index in [1.807, 2.05) is 78.0 Å². The Bertz CT molecular complexity index is 2460. The van der Waals surface area contributed by atoms with E-state index in [0.717, 1.165) is 49.8 Å². The molecule has 0 aliphatic carbocycles. The van der Waals surface area contributed by atoms with Gasteiger partial charge < -0.3 is 9.13 Å². The first-order valence-electron chi connectivity index (χ1n) is 17.3.